The van der Waals surface area contributed by atoms with E-state index in [0.717, 1.165) is 27.8 Å². The fourth-order valence-corrected chi connectivity index (χ4v) is 4.43. The number of hydrogen-bond donors (Lipinski definition) is 2. The molecule has 2 N–H and O–H groups in total. The van der Waals surface area contributed by atoms with E-state index in [1.807, 2.05) is 13.0 Å². The third-order valence-electron chi connectivity index (χ3n) is 6.12. The van der Waals surface area contributed by atoms with Gasteiger partial charge in [0.2, 0.25) is 5.75 Å². The fraction of sp³-hybridized carbons (Fsp3) is 0.280. The Bertz CT molecular complexity index is 1160. The smallest absolute Gasteiger partial charge is 0.200 e. The minimum absolute atomic E-state index is 0.00606. The number of ether oxygens (including phenoxy) is 2. The average molecular weight is 436 g/mol. The van der Waals surface area contributed by atoms with Crippen molar-refractivity contribution in [2.24, 2.45) is 0 Å². The summed E-state index contributed by atoms with van der Waals surface area (Å²) in [6.07, 6.45) is 4.55. The first kappa shape index (κ1) is 21.6. The van der Waals surface area contributed by atoms with Crippen molar-refractivity contribution >= 4 is 11.4 Å². The fourth-order valence-electron chi connectivity index (χ4n) is 4.43. The van der Waals surface area contributed by atoms with Crippen LogP contribution in [-0.4, -0.2) is 35.3 Å². The van der Waals surface area contributed by atoms with Gasteiger partial charge in [0.25, 0.3) is 0 Å². The molecule has 3 aromatic rings. The number of carbonyl (C=O) groups excluding carboxylic acids is 1. The lowest BCUT2D eigenvalue weighted by Crippen LogP contribution is -2.03. The highest BCUT2D eigenvalue weighted by molar-refractivity contribution is 5.96. The Morgan fingerprint density at radius 2 is 1.91 bits per heavy atom. The number of rotatable bonds is 8. The maximum atomic E-state index is 14.1. The number of carbonyl (C=O) groups is 1. The highest BCUT2D eigenvalue weighted by Crippen LogP contribution is 2.47. The quantitative estimate of drug-likeness (QED) is 0.483. The third kappa shape index (κ3) is 3.98. The molecular weight excluding hydrogens is 411 g/mol. The van der Waals surface area contributed by atoms with E-state index in [9.17, 15) is 14.3 Å². The molecule has 1 aliphatic carbocycles. The normalized spacial score (nSPS) is 15.1. The van der Waals surface area contributed by atoms with Crippen LogP contribution in [0.3, 0.4) is 0 Å². The predicted octanol–water partition coefficient (Wildman–Crippen LogP) is 5.05. The van der Waals surface area contributed by atoms with Crippen LogP contribution in [0.4, 0.5) is 4.39 Å². The van der Waals surface area contributed by atoms with Gasteiger partial charge in [-0.3, -0.25) is 9.89 Å². The second-order valence-electron chi connectivity index (χ2n) is 7.91. The Balaban J connectivity index is 1.66. The van der Waals surface area contributed by atoms with Crippen molar-refractivity contribution in [3.8, 4) is 17.2 Å². The molecule has 7 heteroatoms. The number of hydrogen-bond acceptors (Lipinski definition) is 5. The van der Waals surface area contributed by atoms with E-state index in [0.29, 0.717) is 36.3 Å². The molecule has 166 valence electrons. The van der Waals surface area contributed by atoms with Gasteiger partial charge in [-0.2, -0.15) is 5.10 Å². The molecule has 1 unspecified atom stereocenters. The zero-order valence-corrected chi connectivity index (χ0v) is 18.2. The number of benzene rings is 2. The molecule has 0 aliphatic heterocycles. The number of phenolic OH excluding ortho intramolecular Hbond substituents is 1. The summed E-state index contributed by atoms with van der Waals surface area (Å²) < 4.78 is 24.7. The van der Waals surface area contributed by atoms with Gasteiger partial charge in [0, 0.05) is 18.5 Å². The summed E-state index contributed by atoms with van der Waals surface area (Å²) in [6, 6.07) is 8.41. The van der Waals surface area contributed by atoms with E-state index in [2.05, 4.69) is 10.2 Å². The molecule has 0 saturated heterocycles. The Morgan fingerprint density at radius 3 is 2.53 bits per heavy atom. The van der Waals surface area contributed by atoms with Gasteiger partial charge >= 0.3 is 0 Å². The molecule has 1 heterocycles. The number of ketones is 1. The third-order valence-corrected chi connectivity index (χ3v) is 6.12. The molecule has 1 aliphatic rings. The second-order valence-corrected chi connectivity index (χ2v) is 7.91. The van der Waals surface area contributed by atoms with Crippen molar-refractivity contribution in [1.29, 1.82) is 0 Å². The standard InChI is InChI=1S/C25H25FN2O4/c1-14-18(6-7-22(29)16-12-27-28-13-16)21-11-17(26)4-5-19(21)20(14)8-15-9-23(31-2)25(30)24(10-15)32-3/h4-5,9-13,20,30H,6-8H2,1-3H3,(H,27,28). The van der Waals surface area contributed by atoms with Gasteiger partial charge < -0.3 is 14.6 Å². The van der Waals surface area contributed by atoms with Crippen LogP contribution in [0, 0.1) is 5.82 Å². The van der Waals surface area contributed by atoms with Crippen molar-refractivity contribution in [3.05, 3.63) is 76.4 Å². The number of aromatic hydroxyl groups is 1. The lowest BCUT2D eigenvalue weighted by atomic mass is 9.89. The number of nitrogens with zero attached hydrogens (tertiary/aromatic N) is 1. The van der Waals surface area contributed by atoms with Gasteiger partial charge in [0.05, 0.1) is 26.0 Å². The summed E-state index contributed by atoms with van der Waals surface area (Å²) in [7, 11) is 2.98. The van der Waals surface area contributed by atoms with Gasteiger partial charge in [-0.1, -0.05) is 11.6 Å². The molecule has 0 fully saturated rings. The number of allylic oxidation sites excluding steroid dienone is 2. The summed E-state index contributed by atoms with van der Waals surface area (Å²) in [5, 5.41) is 16.7. The molecule has 32 heavy (non-hydrogen) atoms. The van der Waals surface area contributed by atoms with E-state index < -0.39 is 0 Å². The van der Waals surface area contributed by atoms with Crippen molar-refractivity contribution in [2.45, 2.75) is 32.1 Å². The number of halogens is 1. The Kier molecular flexibility index (Phi) is 5.99. The van der Waals surface area contributed by atoms with Gasteiger partial charge in [-0.15, -0.1) is 0 Å². The topological polar surface area (TPSA) is 84.4 Å². The molecule has 1 aromatic heterocycles. The number of H-pyrrole nitrogens is 1. The first-order chi connectivity index (χ1) is 15.4. The van der Waals surface area contributed by atoms with Crippen LogP contribution in [0.15, 0.2) is 48.3 Å². The van der Waals surface area contributed by atoms with Crippen molar-refractivity contribution in [3.63, 3.8) is 0 Å². The predicted molar refractivity (Wildman–Crippen MR) is 119 cm³/mol. The first-order valence-corrected chi connectivity index (χ1v) is 10.4. The molecule has 0 spiro atoms. The maximum Gasteiger partial charge on any atom is 0.200 e. The SMILES string of the molecule is COc1cc(CC2C(C)=C(CCC(=O)c3cn[nH]c3)c3cc(F)ccc32)cc(OC)c1O. The van der Waals surface area contributed by atoms with Crippen LogP contribution < -0.4 is 9.47 Å². The average Bonchev–Trinajstić information content (AvgIpc) is 3.41. The highest BCUT2D eigenvalue weighted by atomic mass is 19.1. The van der Waals surface area contributed by atoms with E-state index in [4.69, 9.17) is 9.47 Å². The van der Waals surface area contributed by atoms with Crippen LogP contribution in [0.1, 0.15) is 52.7 Å². The number of fused-ring (bicyclic) bond motifs is 1. The Morgan fingerprint density at radius 1 is 1.19 bits per heavy atom. The summed E-state index contributed by atoms with van der Waals surface area (Å²) in [5.74, 6) is 0.340. The minimum Gasteiger partial charge on any atom is -0.502 e. The van der Waals surface area contributed by atoms with Crippen molar-refractivity contribution in [1.82, 2.24) is 10.2 Å². The number of methoxy groups -OCH3 is 2. The molecule has 0 bridgehead atoms. The van der Waals surface area contributed by atoms with Crippen LogP contribution in [0.5, 0.6) is 17.2 Å². The highest BCUT2D eigenvalue weighted by Gasteiger charge is 2.30. The molecular formula is C25H25FN2O4. The van der Waals surface area contributed by atoms with Crippen LogP contribution in [0.2, 0.25) is 0 Å². The second kappa shape index (κ2) is 8.86. The molecule has 0 amide bonds. The largest absolute Gasteiger partial charge is 0.502 e. The molecule has 4 rings (SSSR count). The summed E-state index contributed by atoms with van der Waals surface area (Å²) >= 11 is 0. The number of aromatic amines is 1. The molecule has 2 aromatic carbocycles. The van der Waals surface area contributed by atoms with E-state index in [1.54, 1.807) is 24.4 Å². The van der Waals surface area contributed by atoms with Crippen molar-refractivity contribution < 1.29 is 23.8 Å². The Hall–Kier alpha value is -3.61. The van der Waals surface area contributed by atoms with E-state index in [1.165, 1.54) is 26.5 Å². The van der Waals surface area contributed by atoms with E-state index in [-0.39, 0.29) is 23.3 Å². The lowest BCUT2D eigenvalue weighted by molar-refractivity contribution is 0.0984. The van der Waals surface area contributed by atoms with Gasteiger partial charge in [0.1, 0.15) is 5.82 Å². The number of aromatic nitrogens is 2. The maximum absolute atomic E-state index is 14.1. The van der Waals surface area contributed by atoms with Gasteiger partial charge in [0.15, 0.2) is 17.3 Å². The first-order valence-electron chi connectivity index (χ1n) is 10.4. The minimum atomic E-state index is -0.302. The number of phenols is 1. The summed E-state index contributed by atoms with van der Waals surface area (Å²) in [5.41, 5.74) is 5.45. The lowest BCUT2D eigenvalue weighted by Gasteiger charge is -2.17. The molecule has 0 radical (unpaired) electrons. The van der Waals surface area contributed by atoms with E-state index >= 15 is 0 Å². The number of nitrogens with one attached hydrogen (secondary N) is 1. The zero-order valence-electron chi connectivity index (χ0n) is 18.2. The monoisotopic (exact) mass is 436 g/mol. The van der Waals surface area contributed by atoms with Gasteiger partial charge in [-0.05, 0) is 66.3 Å². The van der Waals surface area contributed by atoms with Crippen molar-refractivity contribution in [2.75, 3.05) is 14.2 Å². The molecule has 1 atom stereocenters. The van der Waals surface area contributed by atoms with Crippen LogP contribution >= 0.6 is 0 Å². The molecule has 6 nitrogen and oxygen atoms in total. The van der Waals surface area contributed by atoms with Crippen LogP contribution in [0.25, 0.3) is 5.57 Å². The molecule has 0 saturated carbocycles. The zero-order chi connectivity index (χ0) is 22.8. The number of Topliss-reactive ketones (excluding diaryl/α,β-unsaturated/α-hetero) is 1. The van der Waals surface area contributed by atoms with Gasteiger partial charge in [-0.25, -0.2) is 4.39 Å². The summed E-state index contributed by atoms with van der Waals surface area (Å²) in [4.78, 5) is 12.5. The van der Waals surface area contributed by atoms with Crippen LogP contribution in [-0.2, 0) is 6.42 Å². The summed E-state index contributed by atoms with van der Waals surface area (Å²) in [6.45, 7) is 2.04. The Labute approximate surface area is 185 Å².